The number of hydrogen-bond acceptors (Lipinski definition) is 5. The van der Waals surface area contributed by atoms with Crippen molar-refractivity contribution in [2.24, 2.45) is 5.92 Å². The number of piperidine rings is 1. The average Bonchev–Trinajstić information content (AvgIpc) is 2.93. The molecule has 3 aromatic rings. The van der Waals surface area contributed by atoms with Crippen LogP contribution in [0, 0.1) is 5.92 Å². The molecule has 2 aliphatic rings. The molecule has 0 saturated carbocycles. The molecule has 2 aliphatic heterocycles. The summed E-state index contributed by atoms with van der Waals surface area (Å²) in [6, 6.07) is 16.9. The summed E-state index contributed by atoms with van der Waals surface area (Å²) >= 11 is 12.7. The molecule has 1 N–H and O–H groups in total. The van der Waals surface area contributed by atoms with E-state index in [2.05, 4.69) is 55.3 Å². The number of halogens is 2. The summed E-state index contributed by atoms with van der Waals surface area (Å²) in [7, 11) is 0. The molecule has 0 bridgehead atoms. The third-order valence-corrected chi connectivity index (χ3v) is 8.09. The Labute approximate surface area is 235 Å². The zero-order valence-corrected chi connectivity index (χ0v) is 23.2. The van der Waals surface area contributed by atoms with Gasteiger partial charge in [0.1, 0.15) is 0 Å². The van der Waals surface area contributed by atoms with Gasteiger partial charge in [0.05, 0.1) is 0 Å². The lowest BCUT2D eigenvalue weighted by Crippen LogP contribution is -2.46. The van der Waals surface area contributed by atoms with Gasteiger partial charge in [-0.25, -0.2) is 0 Å². The Kier molecular flexibility index (Phi) is 9.18. The van der Waals surface area contributed by atoms with Gasteiger partial charge in [-0.1, -0.05) is 29.3 Å². The molecule has 1 amide bonds. The number of anilines is 1. The Morgan fingerprint density at radius 2 is 1.37 bits per heavy atom. The van der Waals surface area contributed by atoms with Crippen LogP contribution in [0.3, 0.4) is 0 Å². The zero-order valence-electron chi connectivity index (χ0n) is 21.7. The van der Waals surface area contributed by atoms with E-state index in [4.69, 9.17) is 23.2 Å². The number of nitrogens with one attached hydrogen (secondary N) is 1. The predicted molar refractivity (Wildman–Crippen MR) is 156 cm³/mol. The highest BCUT2D eigenvalue weighted by molar-refractivity contribution is 6.35. The molecule has 2 saturated heterocycles. The summed E-state index contributed by atoms with van der Waals surface area (Å²) < 4.78 is 0. The first-order valence-corrected chi connectivity index (χ1v) is 14.2. The molecular formula is C30H35Cl2N5O. The largest absolute Gasteiger partial charge is 0.369 e. The number of benzene rings is 2. The number of amides is 1. The highest BCUT2D eigenvalue weighted by Crippen LogP contribution is 2.30. The Hall–Kier alpha value is -2.64. The van der Waals surface area contributed by atoms with Gasteiger partial charge in [-0.05, 0) is 96.6 Å². The summed E-state index contributed by atoms with van der Waals surface area (Å²) in [6.45, 7) is 8.76. The van der Waals surface area contributed by atoms with E-state index in [0.717, 1.165) is 89.3 Å². The molecule has 5 rings (SSSR count). The maximum Gasteiger partial charge on any atom is 0.207 e. The lowest BCUT2D eigenvalue weighted by atomic mass is 9.95. The predicted octanol–water partition coefficient (Wildman–Crippen LogP) is 5.34. The molecule has 8 heteroatoms. The van der Waals surface area contributed by atoms with Gasteiger partial charge >= 0.3 is 0 Å². The van der Waals surface area contributed by atoms with Crippen LogP contribution in [0.2, 0.25) is 10.0 Å². The quantitative estimate of drug-likeness (QED) is 0.364. The van der Waals surface area contributed by atoms with Crippen LogP contribution in [0.4, 0.5) is 5.69 Å². The zero-order chi connectivity index (χ0) is 26.3. The molecule has 1 aromatic heterocycles. The molecule has 3 heterocycles. The van der Waals surface area contributed by atoms with Crippen molar-refractivity contribution in [3.63, 3.8) is 0 Å². The van der Waals surface area contributed by atoms with Crippen LogP contribution in [0.1, 0.15) is 24.0 Å². The van der Waals surface area contributed by atoms with E-state index in [9.17, 15) is 4.79 Å². The number of carbonyl (C=O) groups excluding carboxylic acids is 1. The molecule has 0 radical (unpaired) electrons. The van der Waals surface area contributed by atoms with E-state index in [1.807, 2.05) is 24.5 Å². The average molecular weight is 553 g/mol. The van der Waals surface area contributed by atoms with Gasteiger partial charge in [0.15, 0.2) is 0 Å². The molecule has 0 spiro atoms. The minimum Gasteiger partial charge on any atom is -0.369 e. The van der Waals surface area contributed by atoms with E-state index in [1.165, 1.54) is 16.8 Å². The lowest BCUT2D eigenvalue weighted by Gasteiger charge is -2.36. The van der Waals surface area contributed by atoms with Gasteiger partial charge < -0.3 is 10.2 Å². The fourth-order valence-corrected chi connectivity index (χ4v) is 6.16. The van der Waals surface area contributed by atoms with Crippen molar-refractivity contribution in [3.05, 3.63) is 82.1 Å². The smallest absolute Gasteiger partial charge is 0.207 e. The van der Waals surface area contributed by atoms with Crippen LogP contribution in [0.5, 0.6) is 0 Å². The maximum atomic E-state index is 10.7. The maximum absolute atomic E-state index is 10.7. The number of piperazine rings is 1. The summed E-state index contributed by atoms with van der Waals surface area (Å²) in [5, 5.41) is 4.15. The topological polar surface area (TPSA) is 51.7 Å². The first-order chi connectivity index (χ1) is 18.6. The van der Waals surface area contributed by atoms with E-state index in [0.29, 0.717) is 16.0 Å². The standard InChI is InChI=1S/C30H35Cl2N5O/c31-28-16-27(17-29(32)18-28)26-14-24(20-35-7-3-23(4-8-35)19-34-22-38)13-25(15-26)21-36-9-11-37(12-10-36)30-1-5-33-6-2-30/h1-2,5-6,13-18,22-23H,3-4,7-12,19-21H2,(H,34,38). The second-order valence-electron chi connectivity index (χ2n) is 10.4. The fraction of sp³-hybridized carbons (Fsp3) is 0.400. The molecule has 38 heavy (non-hydrogen) atoms. The Morgan fingerprint density at radius 1 is 0.789 bits per heavy atom. The van der Waals surface area contributed by atoms with Gasteiger partial charge in [-0.3, -0.25) is 19.6 Å². The Balaban J connectivity index is 1.30. The number of likely N-dealkylation sites (tertiary alicyclic amines) is 1. The summed E-state index contributed by atoms with van der Waals surface area (Å²) in [5.74, 6) is 0.567. The summed E-state index contributed by atoms with van der Waals surface area (Å²) in [5.41, 5.74) is 6.08. The number of hydrogen-bond donors (Lipinski definition) is 1. The highest BCUT2D eigenvalue weighted by atomic mass is 35.5. The number of carbonyl (C=O) groups is 1. The van der Waals surface area contributed by atoms with Crippen LogP contribution in [0.25, 0.3) is 11.1 Å². The normalized spacial score (nSPS) is 17.5. The highest BCUT2D eigenvalue weighted by Gasteiger charge is 2.21. The number of aromatic nitrogens is 1. The van der Waals surface area contributed by atoms with Gasteiger partial charge in [0, 0.05) is 73.9 Å². The third kappa shape index (κ3) is 7.26. The van der Waals surface area contributed by atoms with Crippen molar-refractivity contribution < 1.29 is 4.79 Å². The van der Waals surface area contributed by atoms with Crippen LogP contribution in [-0.4, -0.2) is 67.0 Å². The summed E-state index contributed by atoms with van der Waals surface area (Å²) in [4.78, 5) is 22.3. The number of rotatable bonds is 9. The van der Waals surface area contributed by atoms with Crippen molar-refractivity contribution in [3.8, 4) is 11.1 Å². The Bertz CT molecular complexity index is 1190. The monoisotopic (exact) mass is 551 g/mol. The molecule has 2 aromatic carbocycles. The summed E-state index contributed by atoms with van der Waals surface area (Å²) in [6.07, 6.45) is 6.75. The second-order valence-corrected chi connectivity index (χ2v) is 11.3. The fourth-order valence-electron chi connectivity index (χ4n) is 5.63. The van der Waals surface area contributed by atoms with Crippen molar-refractivity contribution >= 4 is 35.3 Å². The SMILES string of the molecule is O=CNCC1CCN(Cc2cc(CN3CCN(c4ccncc4)CC3)cc(-c3cc(Cl)cc(Cl)c3)c2)CC1. The third-order valence-electron chi connectivity index (χ3n) is 7.66. The van der Waals surface area contributed by atoms with Crippen LogP contribution < -0.4 is 10.2 Å². The van der Waals surface area contributed by atoms with Crippen molar-refractivity contribution in [2.45, 2.75) is 25.9 Å². The van der Waals surface area contributed by atoms with Crippen molar-refractivity contribution in [1.82, 2.24) is 20.1 Å². The molecule has 0 aliphatic carbocycles. The van der Waals surface area contributed by atoms with Crippen LogP contribution >= 0.6 is 23.2 Å². The number of pyridine rings is 1. The molecule has 2 fully saturated rings. The van der Waals surface area contributed by atoms with Crippen molar-refractivity contribution in [1.29, 1.82) is 0 Å². The van der Waals surface area contributed by atoms with E-state index >= 15 is 0 Å². The van der Waals surface area contributed by atoms with Gasteiger partial charge in [0.2, 0.25) is 6.41 Å². The van der Waals surface area contributed by atoms with Crippen LogP contribution in [0.15, 0.2) is 60.9 Å². The molecule has 200 valence electrons. The van der Waals surface area contributed by atoms with Crippen LogP contribution in [-0.2, 0) is 17.9 Å². The Morgan fingerprint density at radius 3 is 1.97 bits per heavy atom. The number of nitrogens with zero attached hydrogens (tertiary/aromatic N) is 4. The molecule has 0 unspecified atom stereocenters. The van der Waals surface area contributed by atoms with E-state index < -0.39 is 0 Å². The van der Waals surface area contributed by atoms with E-state index in [-0.39, 0.29) is 0 Å². The van der Waals surface area contributed by atoms with Gasteiger partial charge in [0.25, 0.3) is 0 Å². The molecule has 6 nitrogen and oxygen atoms in total. The molecule has 0 atom stereocenters. The van der Waals surface area contributed by atoms with Gasteiger partial charge in [-0.15, -0.1) is 0 Å². The first kappa shape index (κ1) is 26.9. The second kappa shape index (κ2) is 12.9. The molecular weight excluding hydrogens is 517 g/mol. The van der Waals surface area contributed by atoms with Gasteiger partial charge in [-0.2, -0.15) is 0 Å². The lowest BCUT2D eigenvalue weighted by molar-refractivity contribution is -0.109. The van der Waals surface area contributed by atoms with E-state index in [1.54, 1.807) is 6.07 Å². The minimum atomic E-state index is 0.567. The van der Waals surface area contributed by atoms with Crippen molar-refractivity contribution in [2.75, 3.05) is 50.7 Å². The minimum absolute atomic E-state index is 0.567. The first-order valence-electron chi connectivity index (χ1n) is 13.4.